The van der Waals surface area contributed by atoms with E-state index < -0.39 is 0 Å². The van der Waals surface area contributed by atoms with Gasteiger partial charge in [0.25, 0.3) is 0 Å². The quantitative estimate of drug-likeness (QED) is 0.847. The SMILES string of the molecule is CC(CN(C)Cc1cccs1)CN1CCNCC1. The van der Waals surface area contributed by atoms with E-state index in [2.05, 4.69) is 46.6 Å². The summed E-state index contributed by atoms with van der Waals surface area (Å²) in [4.78, 5) is 6.49. The van der Waals surface area contributed by atoms with Gasteiger partial charge in [-0.2, -0.15) is 0 Å². The van der Waals surface area contributed by atoms with Crippen LogP contribution in [0.5, 0.6) is 0 Å². The Balaban J connectivity index is 1.67. The third-order valence-corrected chi connectivity index (χ3v) is 4.27. The summed E-state index contributed by atoms with van der Waals surface area (Å²) in [6, 6.07) is 4.36. The molecule has 1 unspecified atom stereocenters. The summed E-state index contributed by atoms with van der Waals surface area (Å²) in [5.74, 6) is 0.744. The largest absolute Gasteiger partial charge is 0.314 e. The molecule has 0 aromatic carbocycles. The Hall–Kier alpha value is -0.420. The first-order chi connectivity index (χ1) is 8.74. The number of hydrogen-bond donors (Lipinski definition) is 1. The Morgan fingerprint density at radius 3 is 2.89 bits per heavy atom. The molecule has 1 N–H and O–H groups in total. The van der Waals surface area contributed by atoms with E-state index >= 15 is 0 Å². The molecule has 1 aromatic rings. The van der Waals surface area contributed by atoms with Crippen LogP contribution in [0.25, 0.3) is 0 Å². The topological polar surface area (TPSA) is 18.5 Å². The number of rotatable bonds is 6. The van der Waals surface area contributed by atoms with Crippen LogP contribution in [0.15, 0.2) is 17.5 Å². The van der Waals surface area contributed by atoms with Crippen molar-refractivity contribution in [2.24, 2.45) is 5.92 Å². The molecule has 0 bridgehead atoms. The third kappa shape index (κ3) is 4.69. The second-order valence-electron chi connectivity index (χ2n) is 5.43. The minimum absolute atomic E-state index is 0.744. The van der Waals surface area contributed by atoms with Crippen molar-refractivity contribution in [2.75, 3.05) is 46.3 Å². The fraction of sp³-hybridized carbons (Fsp3) is 0.714. The highest BCUT2D eigenvalue weighted by Crippen LogP contribution is 2.12. The Kier molecular flexibility index (Phi) is 5.63. The molecule has 102 valence electrons. The van der Waals surface area contributed by atoms with Gasteiger partial charge in [-0.25, -0.2) is 0 Å². The van der Waals surface area contributed by atoms with Crippen molar-refractivity contribution in [1.29, 1.82) is 0 Å². The molecule has 1 aliphatic rings. The maximum Gasteiger partial charge on any atom is 0.0324 e. The van der Waals surface area contributed by atoms with Gasteiger partial charge in [-0.05, 0) is 24.4 Å². The number of thiophene rings is 1. The molecule has 1 aliphatic heterocycles. The molecule has 3 nitrogen and oxygen atoms in total. The maximum absolute atomic E-state index is 3.41. The summed E-state index contributed by atoms with van der Waals surface area (Å²) >= 11 is 1.85. The molecular formula is C14H25N3S. The normalized spacial score (nSPS) is 19.3. The zero-order valence-corrected chi connectivity index (χ0v) is 12.4. The van der Waals surface area contributed by atoms with Crippen molar-refractivity contribution in [1.82, 2.24) is 15.1 Å². The highest BCUT2D eigenvalue weighted by Gasteiger charge is 2.14. The van der Waals surface area contributed by atoms with Crippen LogP contribution >= 0.6 is 11.3 Å². The first kappa shape index (κ1) is 14.0. The summed E-state index contributed by atoms with van der Waals surface area (Å²) in [6.45, 7) is 10.6. The van der Waals surface area contributed by atoms with E-state index in [4.69, 9.17) is 0 Å². The van der Waals surface area contributed by atoms with Crippen molar-refractivity contribution in [3.63, 3.8) is 0 Å². The van der Waals surface area contributed by atoms with Crippen LogP contribution in [0.3, 0.4) is 0 Å². The van der Waals surface area contributed by atoms with E-state index in [1.165, 1.54) is 31.1 Å². The first-order valence-electron chi connectivity index (χ1n) is 6.88. The highest BCUT2D eigenvalue weighted by atomic mass is 32.1. The fourth-order valence-electron chi connectivity index (χ4n) is 2.66. The molecule has 2 heterocycles. The van der Waals surface area contributed by atoms with Crippen LogP contribution in [0.2, 0.25) is 0 Å². The molecule has 1 saturated heterocycles. The van der Waals surface area contributed by atoms with Crippen molar-refractivity contribution in [3.05, 3.63) is 22.4 Å². The van der Waals surface area contributed by atoms with Gasteiger partial charge in [0.1, 0.15) is 0 Å². The van der Waals surface area contributed by atoms with E-state index in [1.807, 2.05) is 11.3 Å². The molecule has 0 radical (unpaired) electrons. The summed E-state index contributed by atoms with van der Waals surface area (Å²) < 4.78 is 0. The Labute approximate surface area is 115 Å². The predicted octanol–water partition coefficient (Wildman–Crippen LogP) is 1.72. The van der Waals surface area contributed by atoms with Gasteiger partial charge in [-0.1, -0.05) is 13.0 Å². The van der Waals surface area contributed by atoms with Crippen molar-refractivity contribution < 1.29 is 0 Å². The Morgan fingerprint density at radius 1 is 1.44 bits per heavy atom. The molecule has 1 aromatic heterocycles. The van der Waals surface area contributed by atoms with Gasteiger partial charge >= 0.3 is 0 Å². The van der Waals surface area contributed by atoms with E-state index in [1.54, 1.807) is 0 Å². The summed E-state index contributed by atoms with van der Waals surface area (Å²) in [5, 5.41) is 5.57. The predicted molar refractivity (Wildman–Crippen MR) is 79.1 cm³/mol. The lowest BCUT2D eigenvalue weighted by atomic mass is 10.1. The molecule has 4 heteroatoms. The molecule has 18 heavy (non-hydrogen) atoms. The highest BCUT2D eigenvalue weighted by molar-refractivity contribution is 7.09. The molecule has 1 atom stereocenters. The molecule has 0 amide bonds. The van der Waals surface area contributed by atoms with Crippen LogP contribution in [0.1, 0.15) is 11.8 Å². The van der Waals surface area contributed by atoms with Gasteiger partial charge in [-0.3, -0.25) is 0 Å². The molecule has 0 spiro atoms. The van der Waals surface area contributed by atoms with E-state index in [9.17, 15) is 0 Å². The standard InChI is InChI=1S/C14H25N3S/c1-13(11-17-7-5-15-6-8-17)10-16(2)12-14-4-3-9-18-14/h3-4,9,13,15H,5-8,10-12H2,1-2H3. The lowest BCUT2D eigenvalue weighted by Crippen LogP contribution is -2.46. The molecule has 0 saturated carbocycles. The van der Waals surface area contributed by atoms with Crippen molar-refractivity contribution in [3.8, 4) is 0 Å². The van der Waals surface area contributed by atoms with Crippen LogP contribution < -0.4 is 5.32 Å². The average molecular weight is 267 g/mol. The minimum atomic E-state index is 0.744. The fourth-order valence-corrected chi connectivity index (χ4v) is 3.44. The summed E-state index contributed by atoms with van der Waals surface area (Å²) in [6.07, 6.45) is 0. The van der Waals surface area contributed by atoms with E-state index in [0.29, 0.717) is 0 Å². The van der Waals surface area contributed by atoms with Gasteiger partial charge in [0.05, 0.1) is 0 Å². The van der Waals surface area contributed by atoms with Gasteiger partial charge in [0.15, 0.2) is 0 Å². The number of nitrogens with zero attached hydrogens (tertiary/aromatic N) is 2. The summed E-state index contributed by atoms with van der Waals surface area (Å²) in [5.41, 5.74) is 0. The number of nitrogens with one attached hydrogen (secondary N) is 1. The van der Waals surface area contributed by atoms with Crippen LogP contribution in [0, 0.1) is 5.92 Å². The van der Waals surface area contributed by atoms with Crippen LogP contribution in [-0.2, 0) is 6.54 Å². The molecule has 2 rings (SSSR count). The average Bonchev–Trinajstić information content (AvgIpc) is 2.82. The second-order valence-corrected chi connectivity index (χ2v) is 6.46. The molecule has 0 aliphatic carbocycles. The van der Waals surface area contributed by atoms with Gasteiger partial charge in [0, 0.05) is 50.7 Å². The molecule has 1 fully saturated rings. The Bertz CT molecular complexity index is 320. The van der Waals surface area contributed by atoms with Gasteiger partial charge < -0.3 is 15.1 Å². The summed E-state index contributed by atoms with van der Waals surface area (Å²) in [7, 11) is 2.23. The maximum atomic E-state index is 3.41. The lowest BCUT2D eigenvalue weighted by Gasteiger charge is -2.31. The van der Waals surface area contributed by atoms with Crippen molar-refractivity contribution in [2.45, 2.75) is 13.5 Å². The van der Waals surface area contributed by atoms with Gasteiger partial charge in [0.2, 0.25) is 0 Å². The monoisotopic (exact) mass is 267 g/mol. The number of hydrogen-bond acceptors (Lipinski definition) is 4. The van der Waals surface area contributed by atoms with Crippen LogP contribution in [-0.4, -0.2) is 56.1 Å². The van der Waals surface area contributed by atoms with E-state index in [0.717, 1.165) is 25.6 Å². The van der Waals surface area contributed by atoms with Crippen LogP contribution in [0.4, 0.5) is 0 Å². The zero-order chi connectivity index (χ0) is 12.8. The zero-order valence-electron chi connectivity index (χ0n) is 11.6. The van der Waals surface area contributed by atoms with Gasteiger partial charge in [-0.15, -0.1) is 11.3 Å². The minimum Gasteiger partial charge on any atom is -0.314 e. The smallest absolute Gasteiger partial charge is 0.0324 e. The lowest BCUT2D eigenvalue weighted by molar-refractivity contribution is 0.182. The Morgan fingerprint density at radius 2 is 2.22 bits per heavy atom. The second kappa shape index (κ2) is 7.24. The number of piperazine rings is 1. The van der Waals surface area contributed by atoms with Crippen molar-refractivity contribution >= 4 is 11.3 Å². The first-order valence-corrected chi connectivity index (χ1v) is 7.76. The molecular weight excluding hydrogens is 242 g/mol. The third-order valence-electron chi connectivity index (χ3n) is 3.41. The van der Waals surface area contributed by atoms with E-state index in [-0.39, 0.29) is 0 Å².